The molecule has 0 saturated heterocycles. The van der Waals surface area contributed by atoms with Gasteiger partial charge in [0.15, 0.2) is 0 Å². The van der Waals surface area contributed by atoms with E-state index >= 15 is 0 Å². The molecule has 0 aliphatic heterocycles. The van der Waals surface area contributed by atoms with E-state index in [1.807, 2.05) is 30.5 Å². The average Bonchev–Trinajstić information content (AvgIpc) is 2.43. The summed E-state index contributed by atoms with van der Waals surface area (Å²) in [6, 6.07) is 12.1. The molecule has 1 aromatic heterocycles. The van der Waals surface area contributed by atoms with Crippen LogP contribution in [0, 0.1) is 13.8 Å². The molecule has 1 heterocycles. The first-order valence-electron chi connectivity index (χ1n) is 6.56. The Morgan fingerprint density at radius 1 is 1.11 bits per heavy atom. The summed E-state index contributed by atoms with van der Waals surface area (Å²) in [5.41, 5.74) is 3.60. The molecule has 0 unspecified atom stereocenters. The number of aryl methyl sites for hydroxylation is 2. The molecule has 19 heavy (non-hydrogen) atoms. The fourth-order valence-electron chi connectivity index (χ4n) is 1.76. The van der Waals surface area contributed by atoms with Crippen molar-refractivity contribution in [2.24, 2.45) is 0 Å². The number of hydrogen-bond donors (Lipinski definition) is 1. The van der Waals surface area contributed by atoms with Gasteiger partial charge in [-0.15, -0.1) is 0 Å². The SMILES string of the molecule is Cc1ccc(OCCNCc2ccccn2)cc1C. The second kappa shape index (κ2) is 6.90. The topological polar surface area (TPSA) is 34.1 Å². The van der Waals surface area contributed by atoms with Crippen molar-refractivity contribution in [1.82, 2.24) is 10.3 Å². The Kier molecular flexibility index (Phi) is 4.93. The maximum absolute atomic E-state index is 5.70. The summed E-state index contributed by atoms with van der Waals surface area (Å²) in [6.45, 7) is 6.45. The van der Waals surface area contributed by atoms with Crippen LogP contribution in [0.5, 0.6) is 5.75 Å². The Labute approximate surface area is 114 Å². The van der Waals surface area contributed by atoms with E-state index in [0.29, 0.717) is 6.61 Å². The summed E-state index contributed by atoms with van der Waals surface area (Å²) in [6.07, 6.45) is 1.81. The molecule has 0 saturated carbocycles. The number of nitrogens with zero attached hydrogens (tertiary/aromatic N) is 1. The molecule has 100 valence electrons. The standard InChI is InChI=1S/C16H20N2O/c1-13-6-7-16(11-14(13)2)19-10-9-17-12-15-5-3-4-8-18-15/h3-8,11,17H,9-10,12H2,1-2H3. The van der Waals surface area contributed by atoms with Crippen molar-refractivity contribution in [3.8, 4) is 5.75 Å². The summed E-state index contributed by atoms with van der Waals surface area (Å²) in [4.78, 5) is 4.25. The molecule has 0 spiro atoms. The molecule has 0 fully saturated rings. The Balaban J connectivity index is 1.68. The van der Waals surface area contributed by atoms with E-state index in [-0.39, 0.29) is 0 Å². The van der Waals surface area contributed by atoms with E-state index in [2.05, 4.69) is 36.3 Å². The van der Waals surface area contributed by atoms with E-state index in [1.165, 1.54) is 11.1 Å². The maximum Gasteiger partial charge on any atom is 0.119 e. The molecule has 0 atom stereocenters. The lowest BCUT2D eigenvalue weighted by Crippen LogP contribution is -2.21. The van der Waals surface area contributed by atoms with Gasteiger partial charge in [0.2, 0.25) is 0 Å². The monoisotopic (exact) mass is 256 g/mol. The van der Waals surface area contributed by atoms with Crippen molar-refractivity contribution in [3.63, 3.8) is 0 Å². The zero-order chi connectivity index (χ0) is 13.5. The minimum absolute atomic E-state index is 0.662. The van der Waals surface area contributed by atoms with E-state index in [9.17, 15) is 0 Å². The van der Waals surface area contributed by atoms with Gasteiger partial charge in [-0.3, -0.25) is 4.98 Å². The Morgan fingerprint density at radius 3 is 2.74 bits per heavy atom. The highest BCUT2D eigenvalue weighted by atomic mass is 16.5. The minimum atomic E-state index is 0.662. The Morgan fingerprint density at radius 2 is 2.00 bits per heavy atom. The highest BCUT2D eigenvalue weighted by Crippen LogP contribution is 2.15. The second-order valence-electron chi connectivity index (χ2n) is 4.59. The van der Waals surface area contributed by atoms with E-state index in [1.54, 1.807) is 0 Å². The molecule has 2 aromatic rings. The smallest absolute Gasteiger partial charge is 0.119 e. The number of hydrogen-bond acceptors (Lipinski definition) is 3. The van der Waals surface area contributed by atoms with Gasteiger partial charge >= 0.3 is 0 Å². The zero-order valence-corrected chi connectivity index (χ0v) is 11.5. The summed E-state index contributed by atoms with van der Waals surface area (Å²) < 4.78 is 5.70. The normalized spacial score (nSPS) is 10.4. The summed E-state index contributed by atoms with van der Waals surface area (Å²) in [5, 5.41) is 3.31. The van der Waals surface area contributed by atoms with Crippen molar-refractivity contribution in [2.45, 2.75) is 20.4 Å². The van der Waals surface area contributed by atoms with Crippen LogP contribution in [0.2, 0.25) is 0 Å². The van der Waals surface area contributed by atoms with Crippen LogP contribution in [0.3, 0.4) is 0 Å². The number of aromatic nitrogens is 1. The lowest BCUT2D eigenvalue weighted by molar-refractivity contribution is 0.313. The first-order chi connectivity index (χ1) is 9.25. The molecule has 0 amide bonds. The van der Waals surface area contributed by atoms with Crippen molar-refractivity contribution < 1.29 is 4.74 Å². The van der Waals surface area contributed by atoms with Gasteiger partial charge in [-0.2, -0.15) is 0 Å². The number of benzene rings is 1. The molecule has 0 bridgehead atoms. The van der Waals surface area contributed by atoms with Crippen molar-refractivity contribution in [2.75, 3.05) is 13.2 Å². The zero-order valence-electron chi connectivity index (χ0n) is 11.5. The number of rotatable bonds is 6. The third-order valence-electron chi connectivity index (χ3n) is 3.06. The quantitative estimate of drug-likeness (QED) is 0.807. The van der Waals surface area contributed by atoms with Gasteiger partial charge in [-0.05, 0) is 49.2 Å². The Hall–Kier alpha value is -1.87. The lowest BCUT2D eigenvalue weighted by Gasteiger charge is -2.09. The van der Waals surface area contributed by atoms with Crippen molar-refractivity contribution >= 4 is 0 Å². The van der Waals surface area contributed by atoms with Crippen LogP contribution in [-0.4, -0.2) is 18.1 Å². The highest BCUT2D eigenvalue weighted by Gasteiger charge is 1.97. The number of nitrogens with one attached hydrogen (secondary N) is 1. The van der Waals surface area contributed by atoms with E-state index in [0.717, 1.165) is 24.5 Å². The summed E-state index contributed by atoms with van der Waals surface area (Å²) >= 11 is 0. The molecule has 0 radical (unpaired) electrons. The average molecular weight is 256 g/mol. The highest BCUT2D eigenvalue weighted by molar-refractivity contribution is 5.33. The molecule has 0 aliphatic rings. The lowest BCUT2D eigenvalue weighted by atomic mass is 10.1. The third kappa shape index (κ3) is 4.38. The fraction of sp³-hybridized carbons (Fsp3) is 0.312. The van der Waals surface area contributed by atoms with Gasteiger partial charge in [0.1, 0.15) is 12.4 Å². The predicted octanol–water partition coefficient (Wildman–Crippen LogP) is 2.87. The molecule has 2 rings (SSSR count). The van der Waals surface area contributed by atoms with Crippen LogP contribution in [0.15, 0.2) is 42.6 Å². The molecular formula is C16H20N2O. The van der Waals surface area contributed by atoms with Crippen LogP contribution >= 0.6 is 0 Å². The predicted molar refractivity (Wildman–Crippen MR) is 77.4 cm³/mol. The number of pyridine rings is 1. The summed E-state index contributed by atoms with van der Waals surface area (Å²) in [7, 11) is 0. The second-order valence-corrected chi connectivity index (χ2v) is 4.59. The van der Waals surface area contributed by atoms with Gasteiger partial charge < -0.3 is 10.1 Å². The molecule has 0 aliphatic carbocycles. The van der Waals surface area contributed by atoms with Gasteiger partial charge in [0.25, 0.3) is 0 Å². The fourth-order valence-corrected chi connectivity index (χ4v) is 1.76. The summed E-state index contributed by atoms with van der Waals surface area (Å²) in [5.74, 6) is 0.933. The third-order valence-corrected chi connectivity index (χ3v) is 3.06. The van der Waals surface area contributed by atoms with Gasteiger partial charge in [-0.1, -0.05) is 12.1 Å². The maximum atomic E-state index is 5.70. The minimum Gasteiger partial charge on any atom is -0.492 e. The molecular weight excluding hydrogens is 236 g/mol. The Bertz CT molecular complexity index is 511. The van der Waals surface area contributed by atoms with Gasteiger partial charge in [-0.25, -0.2) is 0 Å². The molecule has 1 aromatic carbocycles. The largest absolute Gasteiger partial charge is 0.492 e. The first kappa shape index (κ1) is 13.6. The van der Waals surface area contributed by atoms with E-state index in [4.69, 9.17) is 4.74 Å². The van der Waals surface area contributed by atoms with Crippen LogP contribution < -0.4 is 10.1 Å². The first-order valence-corrected chi connectivity index (χ1v) is 6.56. The van der Waals surface area contributed by atoms with Gasteiger partial charge in [0.05, 0.1) is 5.69 Å². The van der Waals surface area contributed by atoms with Crippen LogP contribution in [-0.2, 0) is 6.54 Å². The van der Waals surface area contributed by atoms with Crippen LogP contribution in [0.25, 0.3) is 0 Å². The molecule has 1 N–H and O–H groups in total. The number of ether oxygens (including phenoxy) is 1. The molecule has 3 nitrogen and oxygen atoms in total. The van der Waals surface area contributed by atoms with Crippen LogP contribution in [0.4, 0.5) is 0 Å². The van der Waals surface area contributed by atoms with Crippen molar-refractivity contribution in [3.05, 3.63) is 59.4 Å². The molecule has 3 heteroatoms. The van der Waals surface area contributed by atoms with Crippen molar-refractivity contribution in [1.29, 1.82) is 0 Å². The van der Waals surface area contributed by atoms with Crippen LogP contribution in [0.1, 0.15) is 16.8 Å². The van der Waals surface area contributed by atoms with Gasteiger partial charge in [0, 0.05) is 19.3 Å². The van der Waals surface area contributed by atoms with E-state index < -0.39 is 0 Å².